The molecule has 5 nitrogen and oxygen atoms in total. The van der Waals surface area contributed by atoms with Crippen molar-refractivity contribution in [2.75, 3.05) is 7.05 Å². The summed E-state index contributed by atoms with van der Waals surface area (Å²) >= 11 is 0. The molecule has 92 valence electrons. The maximum Gasteiger partial charge on any atom is 0.240 e. The van der Waals surface area contributed by atoms with Crippen LogP contribution in [0, 0.1) is 0 Å². The highest BCUT2D eigenvalue weighted by Crippen LogP contribution is 2.14. The predicted molar refractivity (Wildman–Crippen MR) is 62.7 cm³/mol. The second kappa shape index (κ2) is 4.93. The van der Waals surface area contributed by atoms with Gasteiger partial charge >= 0.3 is 0 Å². The Hall–Kier alpha value is -0.940. The third-order valence-electron chi connectivity index (χ3n) is 2.77. The fourth-order valence-electron chi connectivity index (χ4n) is 1.26. The zero-order valence-corrected chi connectivity index (χ0v) is 10.8. The van der Waals surface area contributed by atoms with E-state index in [0.29, 0.717) is 24.3 Å². The van der Waals surface area contributed by atoms with E-state index in [1.165, 1.54) is 0 Å². The largest absolute Gasteiger partial charge is 0.338 e. The Bertz CT molecular complexity index is 329. The summed E-state index contributed by atoms with van der Waals surface area (Å²) in [5.74, 6) is 1.18. The molecule has 1 aromatic heterocycles. The second-order valence-electron chi connectivity index (χ2n) is 4.91. The van der Waals surface area contributed by atoms with E-state index in [-0.39, 0.29) is 0 Å². The number of nitrogens with zero attached hydrogens (tertiary/aromatic N) is 3. The molecule has 16 heavy (non-hydrogen) atoms. The summed E-state index contributed by atoms with van der Waals surface area (Å²) in [6, 6.07) is 0.501. The monoisotopic (exact) mass is 226 g/mol. The molecule has 0 aliphatic heterocycles. The molecule has 1 rings (SSSR count). The summed E-state index contributed by atoms with van der Waals surface area (Å²) in [7, 11) is 2.05. The smallest absolute Gasteiger partial charge is 0.240 e. The maximum atomic E-state index is 5.89. The van der Waals surface area contributed by atoms with Gasteiger partial charge in [0, 0.05) is 6.04 Å². The first-order valence-corrected chi connectivity index (χ1v) is 5.66. The van der Waals surface area contributed by atoms with Gasteiger partial charge in [0.15, 0.2) is 5.82 Å². The van der Waals surface area contributed by atoms with Gasteiger partial charge in [0.05, 0.1) is 12.1 Å². The highest BCUT2D eigenvalue weighted by atomic mass is 16.5. The van der Waals surface area contributed by atoms with E-state index in [1.54, 1.807) is 0 Å². The lowest BCUT2D eigenvalue weighted by molar-refractivity contribution is 0.210. The van der Waals surface area contributed by atoms with Crippen molar-refractivity contribution in [2.45, 2.75) is 52.2 Å². The normalized spacial score (nSPS) is 14.4. The van der Waals surface area contributed by atoms with Crippen LogP contribution >= 0.6 is 0 Å². The van der Waals surface area contributed by atoms with Gasteiger partial charge in [-0.15, -0.1) is 0 Å². The Labute approximate surface area is 97.0 Å². The summed E-state index contributed by atoms with van der Waals surface area (Å²) in [6.45, 7) is 8.71. The minimum absolute atomic E-state index is 0.501. The van der Waals surface area contributed by atoms with E-state index in [4.69, 9.17) is 10.3 Å². The van der Waals surface area contributed by atoms with E-state index in [2.05, 4.69) is 28.9 Å². The molecule has 0 radical (unpaired) electrons. The molecule has 5 heteroatoms. The molecule has 0 fully saturated rings. The molecule has 1 unspecified atom stereocenters. The third kappa shape index (κ3) is 3.28. The summed E-state index contributed by atoms with van der Waals surface area (Å²) in [5, 5.41) is 3.89. The molecule has 2 N–H and O–H groups in total. The van der Waals surface area contributed by atoms with E-state index in [1.807, 2.05) is 20.9 Å². The van der Waals surface area contributed by atoms with Crippen LogP contribution in [0.5, 0.6) is 0 Å². The summed E-state index contributed by atoms with van der Waals surface area (Å²) < 4.78 is 5.17. The van der Waals surface area contributed by atoms with Gasteiger partial charge in [-0.3, -0.25) is 4.90 Å². The van der Waals surface area contributed by atoms with Gasteiger partial charge in [0.2, 0.25) is 5.89 Å². The lowest BCUT2D eigenvalue weighted by atomic mass is 10.1. The Kier molecular flexibility index (Phi) is 4.04. The van der Waals surface area contributed by atoms with E-state index in [0.717, 1.165) is 6.42 Å². The summed E-state index contributed by atoms with van der Waals surface area (Å²) in [6.07, 6.45) is 1.10. The molecule has 1 atom stereocenters. The first kappa shape index (κ1) is 13.1. The van der Waals surface area contributed by atoms with Gasteiger partial charge in [0.1, 0.15) is 0 Å². The minimum Gasteiger partial charge on any atom is -0.338 e. The van der Waals surface area contributed by atoms with Crippen LogP contribution in [0.3, 0.4) is 0 Å². The zero-order chi connectivity index (χ0) is 12.3. The van der Waals surface area contributed by atoms with Crippen molar-refractivity contribution < 1.29 is 4.52 Å². The van der Waals surface area contributed by atoms with Crippen molar-refractivity contribution >= 4 is 0 Å². The quantitative estimate of drug-likeness (QED) is 0.824. The molecule has 0 aliphatic rings. The number of hydrogen-bond acceptors (Lipinski definition) is 5. The fourth-order valence-corrected chi connectivity index (χ4v) is 1.26. The second-order valence-corrected chi connectivity index (χ2v) is 4.91. The molecule has 0 aromatic carbocycles. The highest BCUT2D eigenvalue weighted by molar-refractivity contribution is 4.98. The molecule has 0 saturated heterocycles. The summed E-state index contributed by atoms with van der Waals surface area (Å²) in [4.78, 5) is 6.48. The van der Waals surface area contributed by atoms with Crippen molar-refractivity contribution in [1.29, 1.82) is 0 Å². The molecule has 1 aromatic rings. The number of aromatic nitrogens is 2. The van der Waals surface area contributed by atoms with E-state index < -0.39 is 5.54 Å². The van der Waals surface area contributed by atoms with Crippen molar-refractivity contribution in [1.82, 2.24) is 15.0 Å². The molecule has 0 aliphatic carbocycles. The Morgan fingerprint density at radius 2 is 2.12 bits per heavy atom. The first-order chi connectivity index (χ1) is 7.34. The molecule has 1 heterocycles. The molecule has 0 amide bonds. The topological polar surface area (TPSA) is 68.2 Å². The van der Waals surface area contributed by atoms with Crippen LogP contribution in [0.2, 0.25) is 0 Å². The van der Waals surface area contributed by atoms with Gasteiger partial charge in [-0.25, -0.2) is 0 Å². The van der Waals surface area contributed by atoms with Crippen LogP contribution in [-0.4, -0.2) is 28.1 Å². The van der Waals surface area contributed by atoms with Crippen LogP contribution in [0.1, 0.15) is 45.8 Å². The van der Waals surface area contributed by atoms with Crippen LogP contribution in [-0.2, 0) is 12.1 Å². The average molecular weight is 226 g/mol. The standard InChI is InChI=1S/C11H22N4O/c1-6-8(2)15(5)7-9-13-10(14-16-9)11(3,4)12/h8H,6-7,12H2,1-5H3. The van der Waals surface area contributed by atoms with Gasteiger partial charge in [0.25, 0.3) is 0 Å². The van der Waals surface area contributed by atoms with Gasteiger partial charge in [-0.05, 0) is 34.2 Å². The minimum atomic E-state index is -0.545. The van der Waals surface area contributed by atoms with Crippen LogP contribution < -0.4 is 5.73 Å². The van der Waals surface area contributed by atoms with Gasteiger partial charge < -0.3 is 10.3 Å². The SMILES string of the molecule is CCC(C)N(C)Cc1nc(C(C)(C)N)no1. The van der Waals surface area contributed by atoms with Crippen molar-refractivity contribution in [3.8, 4) is 0 Å². The number of hydrogen-bond donors (Lipinski definition) is 1. The zero-order valence-electron chi connectivity index (χ0n) is 10.8. The molecule has 0 bridgehead atoms. The van der Waals surface area contributed by atoms with Crippen LogP contribution in [0.4, 0.5) is 0 Å². The molecule has 0 saturated carbocycles. The van der Waals surface area contributed by atoms with Crippen molar-refractivity contribution in [3.63, 3.8) is 0 Å². The lowest BCUT2D eigenvalue weighted by Gasteiger charge is -2.21. The average Bonchev–Trinajstić information content (AvgIpc) is 2.64. The Morgan fingerprint density at radius 1 is 1.50 bits per heavy atom. The number of rotatable bonds is 5. The summed E-state index contributed by atoms with van der Waals surface area (Å²) in [5.41, 5.74) is 5.34. The molecular formula is C11H22N4O. The Balaban J connectivity index is 2.66. The number of nitrogens with two attached hydrogens (primary N) is 1. The third-order valence-corrected chi connectivity index (χ3v) is 2.77. The maximum absolute atomic E-state index is 5.89. The highest BCUT2D eigenvalue weighted by Gasteiger charge is 2.22. The predicted octanol–water partition coefficient (Wildman–Crippen LogP) is 1.49. The van der Waals surface area contributed by atoms with Gasteiger partial charge in [-0.2, -0.15) is 4.98 Å². The molecular weight excluding hydrogens is 204 g/mol. The van der Waals surface area contributed by atoms with Crippen molar-refractivity contribution in [2.24, 2.45) is 5.73 Å². The van der Waals surface area contributed by atoms with Crippen LogP contribution in [0.15, 0.2) is 4.52 Å². The molecule has 0 spiro atoms. The van der Waals surface area contributed by atoms with E-state index >= 15 is 0 Å². The van der Waals surface area contributed by atoms with E-state index in [9.17, 15) is 0 Å². The van der Waals surface area contributed by atoms with Gasteiger partial charge in [-0.1, -0.05) is 12.1 Å². The fraction of sp³-hybridized carbons (Fsp3) is 0.818. The van der Waals surface area contributed by atoms with Crippen LogP contribution in [0.25, 0.3) is 0 Å². The lowest BCUT2D eigenvalue weighted by Crippen LogP contribution is -2.30. The first-order valence-electron chi connectivity index (χ1n) is 5.66. The Morgan fingerprint density at radius 3 is 2.56 bits per heavy atom. The van der Waals surface area contributed by atoms with Crippen molar-refractivity contribution in [3.05, 3.63) is 11.7 Å².